The summed E-state index contributed by atoms with van der Waals surface area (Å²) in [5.74, 6) is 0. The van der Waals surface area contributed by atoms with Crippen molar-refractivity contribution in [2.45, 2.75) is 26.9 Å². The lowest BCUT2D eigenvalue weighted by Gasteiger charge is -2.18. The topological polar surface area (TPSA) is 72.6 Å². The minimum absolute atomic E-state index is 0.0534. The zero-order chi connectivity index (χ0) is 13.8. The van der Waals surface area contributed by atoms with E-state index < -0.39 is 11.0 Å². The van der Waals surface area contributed by atoms with Crippen molar-refractivity contribution in [2.75, 3.05) is 6.61 Å². The molecule has 0 amide bonds. The van der Waals surface area contributed by atoms with Crippen molar-refractivity contribution in [2.24, 2.45) is 5.41 Å². The third kappa shape index (κ3) is 4.43. The van der Waals surface area contributed by atoms with Gasteiger partial charge in [-0.25, -0.2) is 0 Å². The number of nitro groups is 1. The molecular weight excluding hydrogens is 234 g/mol. The number of hydrogen-bond donors (Lipinski definition) is 1. The van der Waals surface area contributed by atoms with E-state index >= 15 is 0 Å². The van der Waals surface area contributed by atoms with Gasteiger partial charge in [0.2, 0.25) is 0 Å². The summed E-state index contributed by atoms with van der Waals surface area (Å²) >= 11 is 0. The highest BCUT2D eigenvalue weighted by atomic mass is 16.6. The lowest BCUT2D eigenvalue weighted by molar-refractivity contribution is -0.386. The molecule has 98 valence electrons. The Morgan fingerprint density at radius 1 is 1.44 bits per heavy atom. The van der Waals surface area contributed by atoms with Crippen LogP contribution < -0.4 is 0 Å². The first-order chi connectivity index (χ1) is 8.31. The fraction of sp³-hybridized carbons (Fsp3) is 0.462. The number of para-hydroxylation sites is 1. The zero-order valence-electron chi connectivity index (χ0n) is 10.7. The molecule has 0 spiro atoms. The van der Waals surface area contributed by atoms with Gasteiger partial charge in [-0.15, -0.1) is 0 Å². The summed E-state index contributed by atoms with van der Waals surface area (Å²) in [6.45, 7) is 8.41. The van der Waals surface area contributed by atoms with E-state index in [2.05, 4.69) is 6.61 Å². The van der Waals surface area contributed by atoms with Gasteiger partial charge in [-0.05, 0) is 11.5 Å². The van der Waals surface area contributed by atoms with Crippen LogP contribution in [-0.2, 0) is 4.74 Å². The number of ether oxygens (including phenoxy) is 1. The first kappa shape index (κ1) is 14.6. The van der Waals surface area contributed by atoms with E-state index in [0.717, 1.165) is 0 Å². The molecule has 0 fully saturated rings. The Hall–Kier alpha value is -1.46. The normalized spacial score (nSPS) is 13.3. The van der Waals surface area contributed by atoms with Crippen LogP contribution in [0.3, 0.4) is 0 Å². The second-order valence-electron chi connectivity index (χ2n) is 4.99. The van der Waals surface area contributed by atoms with Gasteiger partial charge in [0, 0.05) is 6.07 Å². The predicted octanol–water partition coefficient (Wildman–Crippen LogP) is 2.73. The molecule has 0 heterocycles. The van der Waals surface area contributed by atoms with Crippen molar-refractivity contribution in [1.82, 2.24) is 0 Å². The van der Waals surface area contributed by atoms with Gasteiger partial charge < -0.3 is 9.84 Å². The monoisotopic (exact) mass is 251 g/mol. The molecule has 5 heteroatoms. The Morgan fingerprint density at radius 3 is 2.61 bits per heavy atom. The molecule has 1 unspecified atom stereocenters. The summed E-state index contributed by atoms with van der Waals surface area (Å²) in [5, 5.41) is 20.7. The van der Waals surface area contributed by atoms with Gasteiger partial charge in [-0.2, -0.15) is 0 Å². The molecule has 5 nitrogen and oxygen atoms in total. The second-order valence-corrected chi connectivity index (χ2v) is 4.99. The highest BCUT2D eigenvalue weighted by Crippen LogP contribution is 2.26. The Kier molecular flexibility index (Phi) is 4.81. The third-order valence-electron chi connectivity index (χ3n) is 2.11. The lowest BCUT2D eigenvalue weighted by atomic mass is 9.99. The minimum atomic E-state index is -1.04. The van der Waals surface area contributed by atoms with Crippen LogP contribution in [0.1, 0.15) is 32.4 Å². The summed E-state index contributed by atoms with van der Waals surface area (Å²) in [6, 6.07) is 6.07. The molecule has 1 aromatic rings. The van der Waals surface area contributed by atoms with Gasteiger partial charge in [0.1, 0.15) is 12.7 Å². The first-order valence-electron chi connectivity index (χ1n) is 5.61. The molecule has 0 bridgehead atoms. The Bertz CT molecular complexity index is 412. The van der Waals surface area contributed by atoms with Crippen molar-refractivity contribution in [3.05, 3.63) is 46.6 Å². The largest absolute Gasteiger partial charge is 0.386 e. The van der Waals surface area contributed by atoms with E-state index in [4.69, 9.17) is 4.74 Å². The number of hydrogen-bond acceptors (Lipinski definition) is 4. The minimum Gasteiger partial charge on any atom is -0.386 e. The maximum atomic E-state index is 10.8. The molecule has 1 N–H and O–H groups in total. The van der Waals surface area contributed by atoms with Crippen LogP contribution in [0.2, 0.25) is 0 Å². The Morgan fingerprint density at radius 2 is 2.06 bits per heavy atom. The number of aliphatic hydroxyl groups excluding tert-OH is 1. The SMILES string of the molecule is CC(C)(C)[C]OCC(O)c1ccccc1[N+](=O)[O-]. The quantitative estimate of drug-likeness (QED) is 0.645. The highest BCUT2D eigenvalue weighted by Gasteiger charge is 2.21. The molecule has 1 rings (SSSR count). The van der Waals surface area contributed by atoms with Crippen molar-refractivity contribution in [3.8, 4) is 0 Å². The number of rotatable bonds is 5. The van der Waals surface area contributed by atoms with Crippen LogP contribution in [0, 0.1) is 22.1 Å². The first-order valence-corrected chi connectivity index (χ1v) is 5.61. The molecule has 0 aromatic heterocycles. The van der Waals surface area contributed by atoms with E-state index in [1.807, 2.05) is 20.8 Å². The highest BCUT2D eigenvalue weighted by molar-refractivity contribution is 5.41. The average Bonchev–Trinajstić information content (AvgIpc) is 2.27. The lowest BCUT2D eigenvalue weighted by Crippen LogP contribution is -2.13. The summed E-state index contributed by atoms with van der Waals surface area (Å²) < 4.78 is 5.13. The van der Waals surface area contributed by atoms with Gasteiger partial charge in [-0.1, -0.05) is 32.9 Å². The van der Waals surface area contributed by atoms with Crippen LogP contribution in [0.4, 0.5) is 5.69 Å². The van der Waals surface area contributed by atoms with Crippen LogP contribution in [0.25, 0.3) is 0 Å². The van der Waals surface area contributed by atoms with Crippen LogP contribution >= 0.6 is 0 Å². The molecule has 18 heavy (non-hydrogen) atoms. The fourth-order valence-electron chi connectivity index (χ4n) is 1.36. The van der Waals surface area contributed by atoms with Crippen LogP contribution in [-0.4, -0.2) is 16.6 Å². The molecule has 0 aliphatic heterocycles. The molecule has 1 atom stereocenters. The van der Waals surface area contributed by atoms with Crippen LogP contribution in [0.5, 0.6) is 0 Å². The summed E-state index contributed by atoms with van der Waals surface area (Å²) in [4.78, 5) is 10.3. The Balaban J connectivity index is 2.67. The van der Waals surface area contributed by atoms with E-state index in [-0.39, 0.29) is 23.3 Å². The van der Waals surface area contributed by atoms with Crippen molar-refractivity contribution in [1.29, 1.82) is 0 Å². The second kappa shape index (κ2) is 5.93. The molecule has 1 aromatic carbocycles. The van der Waals surface area contributed by atoms with E-state index in [0.29, 0.717) is 0 Å². The van der Waals surface area contributed by atoms with E-state index in [1.165, 1.54) is 12.1 Å². The maximum absolute atomic E-state index is 10.8. The summed E-state index contributed by atoms with van der Waals surface area (Å²) in [6.07, 6.45) is -1.04. The van der Waals surface area contributed by atoms with E-state index in [1.54, 1.807) is 12.1 Å². The number of benzene rings is 1. The van der Waals surface area contributed by atoms with Gasteiger partial charge in [0.15, 0.2) is 0 Å². The summed E-state index contributed by atoms with van der Waals surface area (Å²) in [7, 11) is 0. The molecule has 2 radical (unpaired) electrons. The average molecular weight is 251 g/mol. The van der Waals surface area contributed by atoms with Crippen molar-refractivity contribution < 1.29 is 14.8 Å². The Labute approximate surface area is 107 Å². The van der Waals surface area contributed by atoms with Gasteiger partial charge in [0.25, 0.3) is 5.69 Å². The standard InChI is InChI=1S/C13H17NO4/c1-13(2,3)9-18-8-12(15)10-6-4-5-7-11(10)14(16)17/h4-7,12,15H,8H2,1-3H3. The smallest absolute Gasteiger partial charge is 0.275 e. The molecular formula is C13H17NO4. The molecule has 0 saturated carbocycles. The zero-order valence-corrected chi connectivity index (χ0v) is 10.7. The number of nitrogens with zero attached hydrogens (tertiary/aromatic N) is 1. The van der Waals surface area contributed by atoms with Gasteiger partial charge in [0.05, 0.1) is 17.1 Å². The molecule has 0 saturated heterocycles. The van der Waals surface area contributed by atoms with Crippen molar-refractivity contribution in [3.63, 3.8) is 0 Å². The number of aliphatic hydroxyl groups is 1. The van der Waals surface area contributed by atoms with Gasteiger partial charge >= 0.3 is 0 Å². The molecule has 0 aliphatic carbocycles. The van der Waals surface area contributed by atoms with E-state index in [9.17, 15) is 15.2 Å². The third-order valence-corrected chi connectivity index (χ3v) is 2.11. The maximum Gasteiger partial charge on any atom is 0.275 e. The molecule has 0 aliphatic rings. The van der Waals surface area contributed by atoms with Gasteiger partial charge in [-0.3, -0.25) is 10.1 Å². The predicted molar refractivity (Wildman–Crippen MR) is 66.7 cm³/mol. The van der Waals surface area contributed by atoms with Crippen molar-refractivity contribution >= 4 is 5.69 Å². The number of nitro benzene ring substituents is 1. The fourth-order valence-corrected chi connectivity index (χ4v) is 1.36. The van der Waals surface area contributed by atoms with Crippen LogP contribution in [0.15, 0.2) is 24.3 Å². The summed E-state index contributed by atoms with van der Waals surface area (Å²) in [5.41, 5.74) is -0.106.